The summed E-state index contributed by atoms with van der Waals surface area (Å²) in [6.07, 6.45) is 0.389. The third-order valence-corrected chi connectivity index (χ3v) is 4.85. The highest BCUT2D eigenvalue weighted by molar-refractivity contribution is 5.88. The summed E-state index contributed by atoms with van der Waals surface area (Å²) in [6, 6.07) is 17.0. The monoisotopic (exact) mass is 395 g/mol. The smallest absolute Gasteiger partial charge is 0.247 e. The average molecular weight is 396 g/mol. The maximum absolute atomic E-state index is 13.0. The van der Waals surface area contributed by atoms with Gasteiger partial charge in [-0.1, -0.05) is 74.0 Å². The summed E-state index contributed by atoms with van der Waals surface area (Å²) >= 11 is 0. The second kappa shape index (κ2) is 10.8. The maximum Gasteiger partial charge on any atom is 0.247 e. The van der Waals surface area contributed by atoms with E-state index in [0.717, 1.165) is 11.1 Å². The van der Waals surface area contributed by atoms with Crippen molar-refractivity contribution in [3.8, 4) is 0 Å². The Balaban J connectivity index is 2.13. The molecule has 0 saturated carbocycles. The van der Waals surface area contributed by atoms with E-state index < -0.39 is 6.04 Å². The van der Waals surface area contributed by atoms with Crippen LogP contribution >= 0.6 is 0 Å². The minimum Gasteiger partial charge on any atom is -0.352 e. The molecular weight excluding hydrogens is 362 g/mol. The lowest BCUT2D eigenvalue weighted by atomic mass is 10.0. The van der Waals surface area contributed by atoms with Crippen LogP contribution < -0.4 is 10.6 Å². The molecule has 0 bridgehead atoms. The molecule has 2 amide bonds. The topological polar surface area (TPSA) is 61.4 Å². The Morgan fingerprint density at radius 1 is 0.931 bits per heavy atom. The van der Waals surface area contributed by atoms with Gasteiger partial charge in [0.15, 0.2) is 0 Å². The van der Waals surface area contributed by atoms with Crippen LogP contribution in [-0.4, -0.2) is 37.4 Å². The Morgan fingerprint density at radius 2 is 1.55 bits per heavy atom. The van der Waals surface area contributed by atoms with Crippen molar-refractivity contribution in [1.29, 1.82) is 0 Å². The number of hydrogen-bond acceptors (Lipinski definition) is 3. The van der Waals surface area contributed by atoms with Gasteiger partial charge < -0.3 is 15.5 Å². The Kier molecular flexibility index (Phi) is 8.40. The van der Waals surface area contributed by atoms with Gasteiger partial charge in [0, 0.05) is 13.0 Å². The van der Waals surface area contributed by atoms with E-state index in [4.69, 9.17) is 0 Å². The predicted octanol–water partition coefficient (Wildman–Crippen LogP) is 3.62. The summed E-state index contributed by atoms with van der Waals surface area (Å²) in [4.78, 5) is 27.5. The highest BCUT2D eigenvalue weighted by atomic mass is 16.2. The number of amides is 2. The molecule has 2 rings (SSSR count). The van der Waals surface area contributed by atoms with E-state index in [2.05, 4.69) is 46.7 Å². The molecule has 29 heavy (non-hydrogen) atoms. The first kappa shape index (κ1) is 22.6. The second-order valence-corrected chi connectivity index (χ2v) is 8.14. The number of benzene rings is 2. The summed E-state index contributed by atoms with van der Waals surface area (Å²) in [5, 5.41) is 5.94. The predicted molar refractivity (Wildman–Crippen MR) is 117 cm³/mol. The summed E-state index contributed by atoms with van der Waals surface area (Å²) < 4.78 is 0. The van der Waals surface area contributed by atoms with Gasteiger partial charge >= 0.3 is 0 Å². The van der Waals surface area contributed by atoms with Crippen LogP contribution in [-0.2, 0) is 9.59 Å². The van der Waals surface area contributed by atoms with Crippen LogP contribution in [0.4, 0.5) is 0 Å². The number of carbonyl (C=O) groups excluding carboxylic acids is 2. The zero-order chi connectivity index (χ0) is 21.4. The largest absolute Gasteiger partial charge is 0.352 e. The number of hydrogen-bond donors (Lipinski definition) is 2. The van der Waals surface area contributed by atoms with E-state index in [1.807, 2.05) is 58.3 Å². The first-order chi connectivity index (χ1) is 13.8. The van der Waals surface area contributed by atoms with Gasteiger partial charge in [-0.05, 0) is 38.1 Å². The molecule has 0 fully saturated rings. The van der Waals surface area contributed by atoms with Crippen molar-refractivity contribution in [3.63, 3.8) is 0 Å². The molecule has 2 aromatic carbocycles. The van der Waals surface area contributed by atoms with Crippen molar-refractivity contribution in [3.05, 3.63) is 71.3 Å². The van der Waals surface area contributed by atoms with Crippen LogP contribution in [0.1, 0.15) is 49.0 Å². The minimum absolute atomic E-state index is 0.0438. The molecule has 0 spiro atoms. The molecule has 0 saturated heterocycles. The van der Waals surface area contributed by atoms with E-state index in [-0.39, 0.29) is 23.8 Å². The molecule has 0 aliphatic carbocycles. The normalized spacial score (nSPS) is 13.2. The fourth-order valence-electron chi connectivity index (χ4n) is 3.22. The number of carbonyl (C=O) groups is 2. The summed E-state index contributed by atoms with van der Waals surface area (Å²) in [5.74, 6) is -0.0897. The van der Waals surface area contributed by atoms with Crippen LogP contribution in [0.25, 0.3) is 0 Å². The summed E-state index contributed by atoms with van der Waals surface area (Å²) in [5.41, 5.74) is 3.12. The van der Waals surface area contributed by atoms with E-state index in [1.165, 1.54) is 5.56 Å². The van der Waals surface area contributed by atoms with Gasteiger partial charge in [0.1, 0.15) is 6.04 Å². The fraction of sp³-hybridized carbons (Fsp3) is 0.417. The molecule has 0 heterocycles. The third-order valence-electron chi connectivity index (χ3n) is 4.85. The van der Waals surface area contributed by atoms with Gasteiger partial charge in [-0.25, -0.2) is 0 Å². The lowest BCUT2D eigenvalue weighted by Crippen LogP contribution is -2.43. The lowest BCUT2D eigenvalue weighted by molar-refractivity contribution is -0.129. The molecule has 0 radical (unpaired) electrons. The van der Waals surface area contributed by atoms with Gasteiger partial charge in [0.05, 0.1) is 6.04 Å². The second-order valence-electron chi connectivity index (χ2n) is 8.14. The van der Waals surface area contributed by atoms with Crippen molar-refractivity contribution in [2.75, 3.05) is 20.6 Å². The third kappa shape index (κ3) is 7.02. The standard InChI is InChI=1S/C24H33N3O2/c1-17(2)15-22(28)26-23(20-9-7-6-8-10-20)24(29)25-16-21(27(4)5)19-13-11-18(3)12-14-19/h6-14,17,21,23H,15-16H2,1-5H3,(H,25,29)(H,26,28). The number of rotatable bonds is 9. The highest BCUT2D eigenvalue weighted by Gasteiger charge is 2.24. The number of aryl methyl sites for hydroxylation is 1. The first-order valence-corrected chi connectivity index (χ1v) is 10.1. The van der Waals surface area contributed by atoms with Crippen LogP contribution in [0.2, 0.25) is 0 Å². The minimum atomic E-state index is -0.705. The Bertz CT molecular complexity index is 786. The van der Waals surface area contributed by atoms with E-state index in [9.17, 15) is 9.59 Å². The van der Waals surface area contributed by atoms with Gasteiger partial charge in [0.25, 0.3) is 0 Å². The fourth-order valence-corrected chi connectivity index (χ4v) is 3.22. The molecule has 2 aromatic rings. The molecule has 0 aliphatic heterocycles. The SMILES string of the molecule is Cc1ccc(C(CNC(=O)C(NC(=O)CC(C)C)c2ccccc2)N(C)C)cc1. The molecule has 0 aliphatic rings. The van der Waals surface area contributed by atoms with Crippen LogP contribution in [0.15, 0.2) is 54.6 Å². The van der Waals surface area contributed by atoms with Gasteiger partial charge in [-0.3, -0.25) is 9.59 Å². The molecule has 5 nitrogen and oxygen atoms in total. The molecule has 2 atom stereocenters. The van der Waals surface area contributed by atoms with Crippen molar-refractivity contribution < 1.29 is 9.59 Å². The average Bonchev–Trinajstić information content (AvgIpc) is 2.67. The molecule has 0 aromatic heterocycles. The summed E-state index contributed by atoms with van der Waals surface area (Å²) in [6.45, 7) is 6.49. The first-order valence-electron chi connectivity index (χ1n) is 10.1. The van der Waals surface area contributed by atoms with Gasteiger partial charge in [0.2, 0.25) is 11.8 Å². The van der Waals surface area contributed by atoms with E-state index in [0.29, 0.717) is 13.0 Å². The molecular formula is C24H33N3O2. The zero-order valence-electron chi connectivity index (χ0n) is 18.1. The number of nitrogens with one attached hydrogen (secondary N) is 2. The molecule has 2 N–H and O–H groups in total. The summed E-state index contributed by atoms with van der Waals surface area (Å²) in [7, 11) is 3.99. The zero-order valence-corrected chi connectivity index (χ0v) is 18.1. The van der Waals surface area contributed by atoms with E-state index in [1.54, 1.807) is 0 Å². The Morgan fingerprint density at radius 3 is 2.10 bits per heavy atom. The van der Waals surface area contributed by atoms with Crippen LogP contribution in [0.5, 0.6) is 0 Å². The van der Waals surface area contributed by atoms with Gasteiger partial charge in [-0.15, -0.1) is 0 Å². The van der Waals surface area contributed by atoms with E-state index >= 15 is 0 Å². The number of nitrogens with zero attached hydrogens (tertiary/aromatic N) is 1. The van der Waals surface area contributed by atoms with Gasteiger partial charge in [-0.2, -0.15) is 0 Å². The quantitative estimate of drug-likeness (QED) is 0.682. The van der Waals surface area contributed by atoms with Crippen molar-refractivity contribution in [2.45, 2.75) is 39.3 Å². The molecule has 156 valence electrons. The van der Waals surface area contributed by atoms with Crippen LogP contribution in [0.3, 0.4) is 0 Å². The lowest BCUT2D eigenvalue weighted by Gasteiger charge is -2.27. The maximum atomic E-state index is 13.0. The van der Waals surface area contributed by atoms with Crippen molar-refractivity contribution in [2.24, 2.45) is 5.92 Å². The van der Waals surface area contributed by atoms with Crippen LogP contribution in [0, 0.1) is 12.8 Å². The molecule has 5 heteroatoms. The van der Waals surface area contributed by atoms with Crippen molar-refractivity contribution in [1.82, 2.24) is 15.5 Å². The number of likely N-dealkylation sites (N-methyl/N-ethyl adjacent to an activating group) is 1. The Hall–Kier alpha value is -2.66. The van der Waals surface area contributed by atoms with Crippen molar-refractivity contribution >= 4 is 11.8 Å². The molecule has 2 unspecified atom stereocenters. The Labute approximate surface area is 174 Å². The highest BCUT2D eigenvalue weighted by Crippen LogP contribution is 2.19.